The molecule has 2 rings (SSSR count). The lowest BCUT2D eigenvalue weighted by atomic mass is 10.1. The minimum Gasteiger partial charge on any atom is -0.337 e. The maximum Gasteiger partial charge on any atom is 0.240 e. The molecule has 1 fully saturated rings. The van der Waals surface area contributed by atoms with Crippen LogP contribution in [0.3, 0.4) is 0 Å². The van der Waals surface area contributed by atoms with Crippen molar-refractivity contribution in [2.24, 2.45) is 0 Å². The zero-order valence-electron chi connectivity index (χ0n) is 12.1. The Bertz CT molecular complexity index is 458. The lowest BCUT2D eigenvalue weighted by Crippen LogP contribution is -2.43. The molecular formula is C15H21Cl2FN2O. The summed E-state index contributed by atoms with van der Waals surface area (Å²) in [5.41, 5.74) is 0.397. The molecule has 1 heterocycles. The van der Waals surface area contributed by atoms with Crippen molar-refractivity contribution in [3.05, 3.63) is 34.6 Å². The van der Waals surface area contributed by atoms with Gasteiger partial charge in [-0.05, 0) is 37.9 Å². The zero-order valence-corrected chi connectivity index (χ0v) is 13.6. The van der Waals surface area contributed by atoms with Crippen LogP contribution in [0, 0.1) is 5.82 Å². The van der Waals surface area contributed by atoms with Gasteiger partial charge in [-0.3, -0.25) is 4.79 Å². The summed E-state index contributed by atoms with van der Waals surface area (Å²) in [5, 5.41) is 3.57. The number of rotatable bonds is 5. The van der Waals surface area contributed by atoms with E-state index in [9.17, 15) is 9.18 Å². The zero-order chi connectivity index (χ0) is 14.5. The number of carbonyl (C=O) groups is 1. The van der Waals surface area contributed by atoms with Crippen molar-refractivity contribution in [1.29, 1.82) is 0 Å². The molecule has 0 aliphatic carbocycles. The SMILES string of the molecule is CCCN(Cc1c(F)cccc1Cl)C(=O)C1CCCN1.Cl. The average Bonchev–Trinajstić information content (AvgIpc) is 2.95. The Hall–Kier alpha value is -0.840. The Labute approximate surface area is 136 Å². The molecule has 1 N–H and O–H groups in total. The van der Waals surface area contributed by atoms with E-state index < -0.39 is 0 Å². The number of nitrogens with zero attached hydrogens (tertiary/aromatic N) is 1. The minimum absolute atomic E-state index is 0. The van der Waals surface area contributed by atoms with Crippen molar-refractivity contribution in [1.82, 2.24) is 10.2 Å². The quantitative estimate of drug-likeness (QED) is 0.895. The van der Waals surface area contributed by atoms with Gasteiger partial charge in [0.1, 0.15) is 5.82 Å². The Morgan fingerprint density at radius 3 is 2.86 bits per heavy atom. The van der Waals surface area contributed by atoms with Gasteiger partial charge in [-0.1, -0.05) is 24.6 Å². The van der Waals surface area contributed by atoms with Crippen LogP contribution in [0.25, 0.3) is 0 Å². The van der Waals surface area contributed by atoms with Gasteiger partial charge in [0, 0.05) is 17.1 Å². The number of halogens is 3. The summed E-state index contributed by atoms with van der Waals surface area (Å²) in [6.45, 7) is 3.72. The molecule has 0 aromatic heterocycles. The van der Waals surface area contributed by atoms with Crippen LogP contribution in [0.1, 0.15) is 31.7 Å². The molecule has 1 aromatic carbocycles. The van der Waals surface area contributed by atoms with Crippen LogP contribution >= 0.6 is 24.0 Å². The minimum atomic E-state index is -0.356. The summed E-state index contributed by atoms with van der Waals surface area (Å²) in [5.74, 6) is -0.311. The van der Waals surface area contributed by atoms with Gasteiger partial charge in [0.25, 0.3) is 0 Å². The van der Waals surface area contributed by atoms with Crippen molar-refractivity contribution in [3.63, 3.8) is 0 Å². The maximum atomic E-state index is 13.9. The summed E-state index contributed by atoms with van der Waals surface area (Å²) in [6.07, 6.45) is 2.70. The van der Waals surface area contributed by atoms with Crippen molar-refractivity contribution >= 4 is 29.9 Å². The third-order valence-corrected chi connectivity index (χ3v) is 3.93. The van der Waals surface area contributed by atoms with Crippen LogP contribution in [-0.2, 0) is 11.3 Å². The molecule has 1 unspecified atom stereocenters. The van der Waals surface area contributed by atoms with E-state index >= 15 is 0 Å². The number of benzene rings is 1. The third kappa shape index (κ3) is 4.56. The van der Waals surface area contributed by atoms with E-state index in [1.807, 2.05) is 6.92 Å². The summed E-state index contributed by atoms with van der Waals surface area (Å²) >= 11 is 6.04. The first kappa shape index (κ1) is 18.2. The lowest BCUT2D eigenvalue weighted by molar-refractivity contribution is -0.133. The fraction of sp³-hybridized carbons (Fsp3) is 0.533. The molecule has 21 heavy (non-hydrogen) atoms. The summed E-state index contributed by atoms with van der Waals surface area (Å²) in [6, 6.07) is 4.48. The number of nitrogens with one attached hydrogen (secondary N) is 1. The molecule has 1 saturated heterocycles. The first-order valence-corrected chi connectivity index (χ1v) is 7.46. The molecule has 1 amide bonds. The second-order valence-electron chi connectivity index (χ2n) is 5.11. The van der Waals surface area contributed by atoms with Crippen LogP contribution in [0.5, 0.6) is 0 Å². The van der Waals surface area contributed by atoms with Gasteiger partial charge in [-0.25, -0.2) is 4.39 Å². The van der Waals surface area contributed by atoms with Gasteiger partial charge < -0.3 is 10.2 Å². The monoisotopic (exact) mass is 334 g/mol. The predicted octanol–water partition coefficient (Wildman–Crippen LogP) is 3.39. The van der Waals surface area contributed by atoms with E-state index in [1.165, 1.54) is 6.07 Å². The fourth-order valence-corrected chi connectivity index (χ4v) is 2.75. The van der Waals surface area contributed by atoms with Crippen LogP contribution in [0.4, 0.5) is 4.39 Å². The maximum absolute atomic E-state index is 13.9. The highest BCUT2D eigenvalue weighted by molar-refractivity contribution is 6.31. The molecule has 1 aromatic rings. The van der Waals surface area contributed by atoms with Gasteiger partial charge >= 0.3 is 0 Å². The van der Waals surface area contributed by atoms with Crippen LogP contribution in [0.2, 0.25) is 5.02 Å². The molecule has 118 valence electrons. The highest BCUT2D eigenvalue weighted by atomic mass is 35.5. The van der Waals surface area contributed by atoms with Gasteiger partial charge in [0.05, 0.1) is 12.6 Å². The Morgan fingerprint density at radius 1 is 1.52 bits per heavy atom. The molecule has 6 heteroatoms. The van der Waals surface area contributed by atoms with E-state index in [-0.39, 0.29) is 36.7 Å². The van der Waals surface area contributed by atoms with Gasteiger partial charge in [-0.2, -0.15) is 0 Å². The summed E-state index contributed by atoms with van der Waals surface area (Å²) in [4.78, 5) is 14.2. The third-order valence-electron chi connectivity index (χ3n) is 3.57. The number of hydrogen-bond acceptors (Lipinski definition) is 2. The van der Waals surface area contributed by atoms with Gasteiger partial charge in [0.15, 0.2) is 0 Å². The molecule has 3 nitrogen and oxygen atoms in total. The topological polar surface area (TPSA) is 32.3 Å². The average molecular weight is 335 g/mol. The first-order chi connectivity index (χ1) is 9.63. The molecule has 0 bridgehead atoms. The van der Waals surface area contributed by atoms with E-state index in [0.29, 0.717) is 17.1 Å². The molecule has 1 aliphatic rings. The van der Waals surface area contributed by atoms with Gasteiger partial charge in [-0.15, -0.1) is 12.4 Å². The van der Waals surface area contributed by atoms with E-state index in [2.05, 4.69) is 5.32 Å². The molecular weight excluding hydrogens is 314 g/mol. The predicted molar refractivity (Wildman–Crippen MR) is 85.4 cm³/mol. The van der Waals surface area contributed by atoms with Crippen LogP contribution in [0.15, 0.2) is 18.2 Å². The summed E-state index contributed by atoms with van der Waals surface area (Å²) in [7, 11) is 0. The Kier molecular flexibility index (Phi) is 7.43. The molecule has 0 saturated carbocycles. The molecule has 1 atom stereocenters. The second kappa shape index (κ2) is 8.57. The van der Waals surface area contributed by atoms with Crippen LogP contribution < -0.4 is 5.32 Å². The smallest absolute Gasteiger partial charge is 0.240 e. The number of hydrogen-bond donors (Lipinski definition) is 1. The summed E-state index contributed by atoms with van der Waals surface area (Å²) < 4.78 is 13.9. The van der Waals surface area contributed by atoms with E-state index in [1.54, 1.807) is 17.0 Å². The van der Waals surface area contributed by atoms with Crippen molar-refractivity contribution in [3.8, 4) is 0 Å². The second-order valence-corrected chi connectivity index (χ2v) is 5.52. The highest BCUT2D eigenvalue weighted by Gasteiger charge is 2.27. The number of amides is 1. The fourth-order valence-electron chi connectivity index (χ4n) is 2.53. The Morgan fingerprint density at radius 2 is 2.29 bits per heavy atom. The molecule has 0 radical (unpaired) electrons. The lowest BCUT2D eigenvalue weighted by Gasteiger charge is -2.26. The standard InChI is InChI=1S/C15H20ClFN2O.ClH/c1-2-9-19(15(20)14-7-4-8-18-14)10-11-12(16)5-3-6-13(11)17;/h3,5-6,14,18H,2,4,7-10H2,1H3;1H. The van der Waals surface area contributed by atoms with Crippen molar-refractivity contribution in [2.45, 2.75) is 38.8 Å². The van der Waals surface area contributed by atoms with E-state index in [4.69, 9.17) is 11.6 Å². The first-order valence-electron chi connectivity index (χ1n) is 7.08. The normalized spacial score (nSPS) is 17.4. The number of carbonyl (C=O) groups excluding carboxylic acids is 1. The van der Waals surface area contributed by atoms with Crippen molar-refractivity contribution < 1.29 is 9.18 Å². The highest BCUT2D eigenvalue weighted by Crippen LogP contribution is 2.22. The molecule has 0 spiro atoms. The van der Waals surface area contributed by atoms with E-state index in [0.717, 1.165) is 25.8 Å². The molecule has 1 aliphatic heterocycles. The van der Waals surface area contributed by atoms with Crippen molar-refractivity contribution in [2.75, 3.05) is 13.1 Å². The van der Waals surface area contributed by atoms with Crippen LogP contribution in [-0.4, -0.2) is 29.9 Å². The van der Waals surface area contributed by atoms with Gasteiger partial charge in [0.2, 0.25) is 5.91 Å². The largest absolute Gasteiger partial charge is 0.337 e. The Balaban J connectivity index is 0.00000220.